The lowest BCUT2D eigenvalue weighted by Crippen LogP contribution is -2.06. The van der Waals surface area contributed by atoms with Crippen molar-refractivity contribution in [3.8, 4) is 0 Å². The van der Waals surface area contributed by atoms with Crippen molar-refractivity contribution in [3.63, 3.8) is 0 Å². The minimum absolute atomic E-state index is 0.449. The van der Waals surface area contributed by atoms with Crippen LogP contribution in [0.3, 0.4) is 0 Å². The predicted octanol–water partition coefficient (Wildman–Crippen LogP) is 2.39. The van der Waals surface area contributed by atoms with Crippen LogP contribution >= 0.6 is 11.8 Å². The van der Waals surface area contributed by atoms with Gasteiger partial charge in [0.25, 0.3) is 0 Å². The summed E-state index contributed by atoms with van der Waals surface area (Å²) in [5.74, 6) is -1.43. The van der Waals surface area contributed by atoms with Gasteiger partial charge in [-0.3, -0.25) is 0 Å². The lowest BCUT2D eigenvalue weighted by Gasteiger charge is -2.06. The van der Waals surface area contributed by atoms with E-state index in [-0.39, 0.29) is 0 Å². The van der Waals surface area contributed by atoms with E-state index in [0.29, 0.717) is 0 Å². The average Bonchev–Trinajstić information content (AvgIpc) is 2.01. The Morgan fingerprint density at radius 2 is 2.14 bits per heavy atom. The molecule has 7 heteroatoms. The topological polar surface area (TPSA) is 50.2 Å². The minimum atomic E-state index is -4.53. The van der Waals surface area contributed by atoms with Crippen molar-refractivity contribution in [2.24, 2.45) is 0 Å². The molecule has 0 unspecified atom stereocenters. The smallest absolute Gasteiger partial charge is 0.447 e. The van der Waals surface area contributed by atoms with Crippen molar-refractivity contribution in [2.75, 3.05) is 0 Å². The van der Waals surface area contributed by atoms with Gasteiger partial charge in [-0.1, -0.05) is 0 Å². The van der Waals surface area contributed by atoms with Gasteiger partial charge in [0, 0.05) is 18.0 Å². The van der Waals surface area contributed by atoms with E-state index in [2.05, 4.69) is 4.98 Å². The fourth-order valence-corrected chi connectivity index (χ4v) is 1.34. The number of thioether (sulfide) groups is 1. The number of aromatic nitrogens is 1. The lowest BCUT2D eigenvalue weighted by atomic mass is 10.3. The Hall–Kier alpha value is -1.24. The summed E-state index contributed by atoms with van der Waals surface area (Å²) in [5.41, 5.74) is -4.98. The first-order valence-corrected chi connectivity index (χ1v) is 4.16. The molecule has 0 aromatic carbocycles. The second-order valence-corrected chi connectivity index (χ2v) is 3.26. The van der Waals surface area contributed by atoms with E-state index >= 15 is 0 Å². The summed E-state index contributed by atoms with van der Waals surface area (Å²) in [7, 11) is 0. The Bertz CT molecular complexity index is 353. The number of pyridine rings is 1. The number of rotatable bonds is 2. The fraction of sp³-hybridized carbons (Fsp3) is 0.143. The molecular weight excluding hydrogens is 219 g/mol. The Labute approximate surface area is 81.0 Å². The Kier molecular flexibility index (Phi) is 3.00. The second-order valence-electron chi connectivity index (χ2n) is 2.21. The van der Waals surface area contributed by atoms with Crippen LogP contribution in [0.5, 0.6) is 0 Å². The zero-order valence-corrected chi connectivity index (χ0v) is 7.39. The van der Waals surface area contributed by atoms with Crippen molar-refractivity contribution < 1.29 is 23.1 Å². The summed E-state index contributed by atoms with van der Waals surface area (Å²) in [6.07, 6.45) is 1.11. The van der Waals surface area contributed by atoms with E-state index in [0.717, 1.165) is 12.3 Å². The molecule has 1 heterocycles. The highest BCUT2D eigenvalue weighted by Gasteiger charge is 2.32. The molecule has 0 saturated carbocycles. The highest BCUT2D eigenvalue weighted by molar-refractivity contribution is 8.00. The molecule has 1 aromatic heterocycles. The summed E-state index contributed by atoms with van der Waals surface area (Å²) in [6, 6.07) is 2.34. The van der Waals surface area contributed by atoms with E-state index in [4.69, 9.17) is 5.11 Å². The molecule has 1 aromatic rings. The Morgan fingerprint density at radius 1 is 1.50 bits per heavy atom. The van der Waals surface area contributed by atoms with Crippen LogP contribution in [0, 0.1) is 0 Å². The summed E-state index contributed by atoms with van der Waals surface area (Å²) >= 11 is -0.536. The standard InChI is InChI=1S/C7H4F3NO2S/c8-7(9,10)14-5-4(6(12)13)2-1-3-11-5/h1-3H,(H,12,13). The van der Waals surface area contributed by atoms with Crippen molar-refractivity contribution >= 4 is 17.7 Å². The highest BCUT2D eigenvalue weighted by atomic mass is 32.2. The summed E-state index contributed by atoms with van der Waals surface area (Å²) in [6.45, 7) is 0. The van der Waals surface area contributed by atoms with Crippen molar-refractivity contribution in [3.05, 3.63) is 23.9 Å². The zero-order valence-electron chi connectivity index (χ0n) is 6.58. The van der Waals surface area contributed by atoms with Crippen LogP contribution < -0.4 is 0 Å². The predicted molar refractivity (Wildman–Crippen MR) is 43.1 cm³/mol. The van der Waals surface area contributed by atoms with Crippen molar-refractivity contribution in [1.29, 1.82) is 0 Å². The number of halogens is 3. The van der Waals surface area contributed by atoms with Gasteiger partial charge in [0.2, 0.25) is 0 Å². The molecule has 0 spiro atoms. The van der Waals surface area contributed by atoms with Crippen LogP contribution in [-0.2, 0) is 0 Å². The van der Waals surface area contributed by atoms with Gasteiger partial charge >= 0.3 is 11.5 Å². The molecule has 0 bridgehead atoms. The number of carboxylic acid groups (broad SMARTS) is 1. The van der Waals surface area contributed by atoms with Gasteiger partial charge in [-0.2, -0.15) is 13.2 Å². The van der Waals surface area contributed by atoms with Gasteiger partial charge in [0.05, 0.1) is 5.56 Å². The zero-order chi connectivity index (χ0) is 10.8. The van der Waals surface area contributed by atoms with Crippen LogP contribution in [0.2, 0.25) is 0 Å². The van der Waals surface area contributed by atoms with E-state index < -0.39 is 33.8 Å². The van der Waals surface area contributed by atoms with E-state index in [9.17, 15) is 18.0 Å². The number of hydrogen-bond donors (Lipinski definition) is 1. The molecule has 0 fully saturated rings. The third kappa shape index (κ3) is 2.91. The average molecular weight is 223 g/mol. The molecule has 1 N–H and O–H groups in total. The first kappa shape index (κ1) is 10.8. The summed E-state index contributed by atoms with van der Waals surface area (Å²) < 4.78 is 35.7. The van der Waals surface area contributed by atoms with Crippen LogP contribution in [-0.4, -0.2) is 21.6 Å². The van der Waals surface area contributed by atoms with Gasteiger partial charge in [0.1, 0.15) is 5.03 Å². The third-order valence-electron chi connectivity index (χ3n) is 1.21. The Morgan fingerprint density at radius 3 is 2.64 bits per heavy atom. The van der Waals surface area contributed by atoms with Crippen molar-refractivity contribution in [1.82, 2.24) is 4.98 Å². The SMILES string of the molecule is O=C(O)c1cccnc1SC(F)(F)F. The van der Waals surface area contributed by atoms with Crippen LogP contribution in [0.25, 0.3) is 0 Å². The number of hydrogen-bond acceptors (Lipinski definition) is 3. The number of alkyl halides is 3. The molecule has 0 radical (unpaired) electrons. The molecule has 14 heavy (non-hydrogen) atoms. The van der Waals surface area contributed by atoms with Gasteiger partial charge in [-0.25, -0.2) is 9.78 Å². The molecule has 0 saturated heterocycles. The molecule has 3 nitrogen and oxygen atoms in total. The minimum Gasteiger partial charge on any atom is -0.478 e. The summed E-state index contributed by atoms with van der Waals surface area (Å²) in [4.78, 5) is 13.8. The van der Waals surface area contributed by atoms with Crippen molar-refractivity contribution in [2.45, 2.75) is 10.5 Å². The van der Waals surface area contributed by atoms with Crippen LogP contribution in [0.4, 0.5) is 13.2 Å². The van der Waals surface area contributed by atoms with E-state index in [1.807, 2.05) is 0 Å². The molecule has 0 aliphatic rings. The number of carbonyl (C=O) groups is 1. The summed E-state index contributed by atoms with van der Waals surface area (Å²) in [5, 5.41) is 7.99. The first-order valence-electron chi connectivity index (χ1n) is 3.34. The maximum Gasteiger partial charge on any atom is 0.447 e. The van der Waals surface area contributed by atoms with Crippen LogP contribution in [0.15, 0.2) is 23.4 Å². The lowest BCUT2D eigenvalue weighted by molar-refractivity contribution is -0.0329. The van der Waals surface area contributed by atoms with Gasteiger partial charge in [-0.05, 0) is 12.1 Å². The molecule has 1 rings (SSSR count). The molecule has 0 atom stereocenters. The van der Waals surface area contributed by atoms with Gasteiger partial charge < -0.3 is 5.11 Å². The molecule has 76 valence electrons. The normalized spacial score (nSPS) is 11.4. The number of nitrogens with zero attached hydrogens (tertiary/aromatic N) is 1. The van der Waals surface area contributed by atoms with E-state index in [1.54, 1.807) is 0 Å². The van der Waals surface area contributed by atoms with Gasteiger partial charge in [-0.15, -0.1) is 0 Å². The number of carboxylic acids is 1. The number of aromatic carboxylic acids is 1. The van der Waals surface area contributed by atoms with Gasteiger partial charge in [0.15, 0.2) is 0 Å². The van der Waals surface area contributed by atoms with Crippen LogP contribution in [0.1, 0.15) is 10.4 Å². The highest BCUT2D eigenvalue weighted by Crippen LogP contribution is 2.37. The molecule has 0 aliphatic carbocycles. The quantitative estimate of drug-likeness (QED) is 0.782. The molecule has 0 amide bonds. The third-order valence-corrected chi connectivity index (χ3v) is 1.96. The largest absolute Gasteiger partial charge is 0.478 e. The first-order chi connectivity index (χ1) is 6.40. The monoisotopic (exact) mass is 223 g/mol. The molecular formula is C7H4F3NO2S. The second kappa shape index (κ2) is 3.87. The fourth-order valence-electron chi connectivity index (χ4n) is 0.745. The van der Waals surface area contributed by atoms with E-state index in [1.165, 1.54) is 6.07 Å². The molecule has 0 aliphatic heterocycles. The maximum atomic E-state index is 11.9. The Balaban J connectivity index is 3.02. The maximum absolute atomic E-state index is 11.9.